The maximum atomic E-state index is 11.5. The number of nitrogens with two attached hydrogens (primary N) is 1. The highest BCUT2D eigenvalue weighted by molar-refractivity contribution is 5.67. The number of alkyl carbamates (subject to hydrolysis) is 1. The number of hydrogen-bond acceptors (Lipinski definition) is 4. The molecule has 0 heterocycles. The van der Waals surface area contributed by atoms with Gasteiger partial charge in [-0.3, -0.25) is 0 Å². The van der Waals surface area contributed by atoms with Gasteiger partial charge in [-0.1, -0.05) is 12.8 Å². The largest absolute Gasteiger partial charge is 0.444 e. The Morgan fingerprint density at radius 3 is 2.53 bits per heavy atom. The minimum Gasteiger partial charge on any atom is -0.444 e. The second-order valence-corrected chi connectivity index (χ2v) is 6.30. The molecule has 0 radical (unpaired) electrons. The van der Waals surface area contributed by atoms with Gasteiger partial charge in [0, 0.05) is 25.2 Å². The Labute approximate surface area is 116 Å². The van der Waals surface area contributed by atoms with Gasteiger partial charge in [-0.05, 0) is 40.0 Å². The quantitative estimate of drug-likeness (QED) is 0.688. The second kappa shape index (κ2) is 7.70. The van der Waals surface area contributed by atoms with Gasteiger partial charge in [0.15, 0.2) is 0 Å². The first-order valence-corrected chi connectivity index (χ1v) is 7.33. The van der Waals surface area contributed by atoms with Gasteiger partial charge in [0.25, 0.3) is 0 Å². The van der Waals surface area contributed by atoms with E-state index in [9.17, 15) is 4.79 Å². The lowest BCUT2D eigenvalue weighted by atomic mass is 10.1. The van der Waals surface area contributed by atoms with Crippen LogP contribution in [0.25, 0.3) is 0 Å². The van der Waals surface area contributed by atoms with Crippen molar-refractivity contribution in [2.75, 3.05) is 13.1 Å². The molecule has 19 heavy (non-hydrogen) atoms. The predicted molar refractivity (Wildman–Crippen MR) is 77.1 cm³/mol. The average Bonchev–Trinajstić information content (AvgIpc) is 2.78. The van der Waals surface area contributed by atoms with E-state index in [1.807, 2.05) is 20.8 Å². The number of hydrogen-bond donors (Lipinski definition) is 3. The summed E-state index contributed by atoms with van der Waals surface area (Å²) in [6.45, 7) is 6.77. The van der Waals surface area contributed by atoms with Gasteiger partial charge in [-0.2, -0.15) is 0 Å². The molecule has 112 valence electrons. The Kier molecular flexibility index (Phi) is 6.58. The number of rotatable bonds is 6. The van der Waals surface area contributed by atoms with E-state index in [1.165, 1.54) is 25.7 Å². The van der Waals surface area contributed by atoms with Crippen LogP contribution in [-0.4, -0.2) is 36.9 Å². The Hall–Kier alpha value is -0.810. The smallest absolute Gasteiger partial charge is 0.407 e. The zero-order valence-corrected chi connectivity index (χ0v) is 12.5. The van der Waals surface area contributed by atoms with Crippen molar-refractivity contribution in [3.8, 4) is 0 Å². The number of ether oxygens (including phenoxy) is 1. The van der Waals surface area contributed by atoms with Crippen LogP contribution in [0.15, 0.2) is 0 Å². The molecule has 0 aromatic rings. The SMILES string of the molecule is CC(C)(C)OC(=O)NCCC(CN)NC1CCCC1. The Morgan fingerprint density at radius 1 is 1.37 bits per heavy atom. The molecule has 1 atom stereocenters. The molecule has 0 spiro atoms. The van der Waals surface area contributed by atoms with Crippen LogP contribution in [-0.2, 0) is 4.74 Å². The molecule has 1 rings (SSSR count). The summed E-state index contributed by atoms with van der Waals surface area (Å²) < 4.78 is 5.18. The van der Waals surface area contributed by atoms with Crippen LogP contribution >= 0.6 is 0 Å². The van der Waals surface area contributed by atoms with Crippen LogP contribution in [0.4, 0.5) is 4.79 Å². The van der Waals surface area contributed by atoms with Gasteiger partial charge in [0.1, 0.15) is 5.60 Å². The van der Waals surface area contributed by atoms with Gasteiger partial charge in [0.05, 0.1) is 0 Å². The van der Waals surface area contributed by atoms with Crippen LogP contribution in [0.1, 0.15) is 52.9 Å². The molecule has 5 heteroatoms. The van der Waals surface area contributed by atoms with E-state index in [1.54, 1.807) is 0 Å². The van der Waals surface area contributed by atoms with Crippen molar-refractivity contribution in [1.29, 1.82) is 0 Å². The molecular formula is C14H29N3O2. The van der Waals surface area contributed by atoms with E-state index < -0.39 is 5.60 Å². The molecule has 1 fully saturated rings. The molecule has 1 aliphatic rings. The maximum Gasteiger partial charge on any atom is 0.407 e. The van der Waals surface area contributed by atoms with Crippen LogP contribution < -0.4 is 16.4 Å². The Balaban J connectivity index is 2.16. The molecule has 0 saturated heterocycles. The van der Waals surface area contributed by atoms with E-state index in [2.05, 4.69) is 10.6 Å². The molecule has 1 amide bonds. The monoisotopic (exact) mass is 271 g/mol. The molecule has 1 aliphatic carbocycles. The lowest BCUT2D eigenvalue weighted by Gasteiger charge is -2.23. The van der Waals surface area contributed by atoms with Gasteiger partial charge < -0.3 is 21.1 Å². The third kappa shape index (κ3) is 7.38. The number of nitrogens with one attached hydrogen (secondary N) is 2. The van der Waals surface area contributed by atoms with Crippen molar-refractivity contribution < 1.29 is 9.53 Å². The average molecular weight is 271 g/mol. The van der Waals surface area contributed by atoms with Crippen LogP contribution in [0.2, 0.25) is 0 Å². The lowest BCUT2D eigenvalue weighted by molar-refractivity contribution is 0.0526. The van der Waals surface area contributed by atoms with Gasteiger partial charge in [-0.15, -0.1) is 0 Å². The predicted octanol–water partition coefficient (Wildman–Crippen LogP) is 1.76. The molecule has 4 N–H and O–H groups in total. The first-order chi connectivity index (χ1) is 8.90. The fourth-order valence-corrected chi connectivity index (χ4v) is 2.36. The summed E-state index contributed by atoms with van der Waals surface area (Å²) in [5.74, 6) is 0. The van der Waals surface area contributed by atoms with Crippen molar-refractivity contribution in [1.82, 2.24) is 10.6 Å². The van der Waals surface area contributed by atoms with Crippen molar-refractivity contribution in [3.05, 3.63) is 0 Å². The van der Waals surface area contributed by atoms with Crippen molar-refractivity contribution in [2.45, 2.75) is 70.6 Å². The van der Waals surface area contributed by atoms with E-state index in [0.717, 1.165) is 6.42 Å². The summed E-state index contributed by atoms with van der Waals surface area (Å²) in [4.78, 5) is 11.5. The first kappa shape index (κ1) is 16.2. The van der Waals surface area contributed by atoms with E-state index in [4.69, 9.17) is 10.5 Å². The van der Waals surface area contributed by atoms with Crippen molar-refractivity contribution in [2.24, 2.45) is 5.73 Å². The summed E-state index contributed by atoms with van der Waals surface area (Å²) in [5.41, 5.74) is 5.32. The number of amides is 1. The highest BCUT2D eigenvalue weighted by Gasteiger charge is 2.19. The number of carbonyl (C=O) groups is 1. The third-order valence-corrected chi connectivity index (χ3v) is 3.27. The summed E-state index contributed by atoms with van der Waals surface area (Å²) in [6, 6.07) is 0.883. The van der Waals surface area contributed by atoms with Crippen LogP contribution in [0.3, 0.4) is 0 Å². The standard InChI is InChI=1S/C14H29N3O2/c1-14(2,3)19-13(18)16-9-8-12(10-15)17-11-6-4-5-7-11/h11-12,17H,4-10,15H2,1-3H3,(H,16,18). The first-order valence-electron chi connectivity index (χ1n) is 7.33. The summed E-state index contributed by atoms with van der Waals surface area (Å²) in [7, 11) is 0. The molecule has 5 nitrogen and oxygen atoms in total. The molecule has 0 bridgehead atoms. The minimum atomic E-state index is -0.445. The zero-order valence-electron chi connectivity index (χ0n) is 12.5. The maximum absolute atomic E-state index is 11.5. The highest BCUT2D eigenvalue weighted by atomic mass is 16.6. The van der Waals surface area contributed by atoms with E-state index >= 15 is 0 Å². The van der Waals surface area contributed by atoms with Gasteiger partial charge in [-0.25, -0.2) is 4.79 Å². The van der Waals surface area contributed by atoms with Crippen LogP contribution in [0.5, 0.6) is 0 Å². The van der Waals surface area contributed by atoms with Crippen molar-refractivity contribution in [3.63, 3.8) is 0 Å². The zero-order chi connectivity index (χ0) is 14.3. The molecule has 1 saturated carbocycles. The summed E-state index contributed by atoms with van der Waals surface area (Å²) >= 11 is 0. The second-order valence-electron chi connectivity index (χ2n) is 6.30. The fraction of sp³-hybridized carbons (Fsp3) is 0.929. The third-order valence-electron chi connectivity index (χ3n) is 3.27. The summed E-state index contributed by atoms with van der Waals surface area (Å²) in [6.07, 6.45) is 5.60. The Morgan fingerprint density at radius 2 is 2.00 bits per heavy atom. The molecule has 0 aromatic carbocycles. The van der Waals surface area contributed by atoms with Crippen LogP contribution in [0, 0.1) is 0 Å². The van der Waals surface area contributed by atoms with Gasteiger partial charge in [0.2, 0.25) is 0 Å². The van der Waals surface area contributed by atoms with E-state index in [0.29, 0.717) is 19.1 Å². The normalized spacial score (nSPS) is 18.3. The van der Waals surface area contributed by atoms with Gasteiger partial charge >= 0.3 is 6.09 Å². The fourth-order valence-electron chi connectivity index (χ4n) is 2.36. The molecule has 0 aromatic heterocycles. The number of carbonyl (C=O) groups excluding carboxylic acids is 1. The minimum absolute atomic E-state index is 0.276. The molecule has 0 aliphatic heterocycles. The molecular weight excluding hydrogens is 242 g/mol. The lowest BCUT2D eigenvalue weighted by Crippen LogP contribution is -2.44. The molecule has 1 unspecified atom stereocenters. The van der Waals surface area contributed by atoms with Crippen molar-refractivity contribution >= 4 is 6.09 Å². The topological polar surface area (TPSA) is 76.4 Å². The Bertz CT molecular complexity index is 270. The van der Waals surface area contributed by atoms with E-state index in [-0.39, 0.29) is 12.1 Å². The summed E-state index contributed by atoms with van der Waals surface area (Å²) in [5, 5.41) is 6.34. The highest BCUT2D eigenvalue weighted by Crippen LogP contribution is 2.18.